The third-order valence-electron chi connectivity index (χ3n) is 3.74. The van der Waals surface area contributed by atoms with Gasteiger partial charge in [-0.05, 0) is 54.1 Å². The van der Waals surface area contributed by atoms with E-state index in [0.717, 1.165) is 0 Å². The molecule has 28 heavy (non-hydrogen) atoms. The van der Waals surface area contributed by atoms with Gasteiger partial charge in [-0.2, -0.15) is 0 Å². The molecule has 0 saturated heterocycles. The molecule has 142 valence electrons. The number of carbonyl (C=O) groups is 2. The minimum Gasteiger partial charge on any atom is -0.494 e. The molecule has 0 saturated carbocycles. The average molecular weight is 380 g/mol. The smallest absolute Gasteiger partial charge is 0.291 e. The number of ether oxygens (including phenoxy) is 1. The molecule has 0 unspecified atom stereocenters. The molecule has 3 rings (SSSR count). The van der Waals surface area contributed by atoms with Gasteiger partial charge in [-0.1, -0.05) is 12.1 Å². The van der Waals surface area contributed by atoms with E-state index in [4.69, 9.17) is 9.15 Å². The molecule has 0 aliphatic rings. The maximum atomic E-state index is 13.7. The fraction of sp³-hybridized carbons (Fsp3) is 0.0476. The lowest BCUT2D eigenvalue weighted by molar-refractivity contribution is -0.111. The van der Waals surface area contributed by atoms with Crippen molar-refractivity contribution in [1.82, 2.24) is 0 Å². The molecule has 2 aromatic carbocycles. The lowest BCUT2D eigenvalue weighted by Gasteiger charge is -2.07. The molecule has 0 fully saturated rings. The third-order valence-corrected chi connectivity index (χ3v) is 3.74. The van der Waals surface area contributed by atoms with Gasteiger partial charge in [-0.25, -0.2) is 4.39 Å². The third kappa shape index (κ3) is 4.85. The van der Waals surface area contributed by atoms with Gasteiger partial charge >= 0.3 is 0 Å². The fourth-order valence-electron chi connectivity index (χ4n) is 2.42. The van der Waals surface area contributed by atoms with Gasteiger partial charge in [0.1, 0.15) is 0 Å². The van der Waals surface area contributed by atoms with Gasteiger partial charge in [0.2, 0.25) is 5.91 Å². The molecule has 1 aromatic heterocycles. The number of nitrogens with one attached hydrogen (secondary N) is 2. The van der Waals surface area contributed by atoms with Crippen LogP contribution in [0.3, 0.4) is 0 Å². The Balaban J connectivity index is 1.62. The number of hydrogen-bond donors (Lipinski definition) is 2. The Kier molecular flexibility index (Phi) is 5.86. The van der Waals surface area contributed by atoms with E-state index in [0.29, 0.717) is 16.9 Å². The maximum Gasteiger partial charge on any atom is 0.291 e. The second kappa shape index (κ2) is 8.68. The molecule has 2 amide bonds. The molecule has 2 N–H and O–H groups in total. The van der Waals surface area contributed by atoms with Crippen molar-refractivity contribution in [1.29, 1.82) is 0 Å². The van der Waals surface area contributed by atoms with E-state index in [1.54, 1.807) is 42.5 Å². The summed E-state index contributed by atoms with van der Waals surface area (Å²) in [4.78, 5) is 24.1. The first-order valence-corrected chi connectivity index (χ1v) is 8.32. The molecule has 0 bridgehead atoms. The van der Waals surface area contributed by atoms with E-state index >= 15 is 0 Å². The number of furan rings is 1. The summed E-state index contributed by atoms with van der Waals surface area (Å²) in [7, 11) is 1.38. The number of anilines is 2. The zero-order chi connectivity index (χ0) is 19.9. The summed E-state index contributed by atoms with van der Waals surface area (Å²) < 4.78 is 23.6. The van der Waals surface area contributed by atoms with E-state index in [2.05, 4.69) is 10.6 Å². The van der Waals surface area contributed by atoms with E-state index in [1.807, 2.05) is 0 Å². The van der Waals surface area contributed by atoms with Crippen molar-refractivity contribution >= 4 is 29.3 Å². The van der Waals surface area contributed by atoms with Crippen molar-refractivity contribution in [2.75, 3.05) is 17.7 Å². The Morgan fingerprint density at radius 3 is 2.50 bits per heavy atom. The van der Waals surface area contributed by atoms with Gasteiger partial charge in [0.25, 0.3) is 5.91 Å². The molecule has 1 heterocycles. The standard InChI is InChI=1S/C21H17FN2O4/c1-27-18-9-7-14(12-17(18)22)8-10-20(25)23-15-4-2-5-16(13-15)24-21(26)19-6-3-11-28-19/h2-13H,1H3,(H,23,25)(H,24,26)/b10-8+. The molecular weight excluding hydrogens is 363 g/mol. The Bertz CT molecular complexity index is 1010. The highest BCUT2D eigenvalue weighted by molar-refractivity contribution is 6.04. The zero-order valence-electron chi connectivity index (χ0n) is 14.9. The molecule has 0 radical (unpaired) electrons. The van der Waals surface area contributed by atoms with Gasteiger partial charge in [0.15, 0.2) is 17.3 Å². The summed E-state index contributed by atoms with van der Waals surface area (Å²) >= 11 is 0. The Morgan fingerprint density at radius 2 is 1.82 bits per heavy atom. The van der Waals surface area contributed by atoms with Crippen molar-refractivity contribution in [2.24, 2.45) is 0 Å². The number of benzene rings is 2. The summed E-state index contributed by atoms with van der Waals surface area (Å²) in [6.07, 6.45) is 4.18. The number of rotatable bonds is 6. The van der Waals surface area contributed by atoms with Crippen LogP contribution in [-0.4, -0.2) is 18.9 Å². The number of hydrogen-bond acceptors (Lipinski definition) is 4. The first-order chi connectivity index (χ1) is 13.5. The molecule has 0 spiro atoms. The topological polar surface area (TPSA) is 80.6 Å². The number of carbonyl (C=O) groups excluding carboxylic acids is 2. The monoisotopic (exact) mass is 380 g/mol. The summed E-state index contributed by atoms with van der Waals surface area (Å²) in [5.41, 5.74) is 1.51. The van der Waals surface area contributed by atoms with Crippen LogP contribution in [0.2, 0.25) is 0 Å². The predicted octanol–water partition coefficient (Wildman–Crippen LogP) is 4.33. The van der Waals surface area contributed by atoms with Crippen LogP contribution < -0.4 is 15.4 Å². The first kappa shape index (κ1) is 18.9. The van der Waals surface area contributed by atoms with Gasteiger partial charge in [0, 0.05) is 17.5 Å². The molecule has 0 aliphatic heterocycles. The second-order valence-corrected chi connectivity index (χ2v) is 5.73. The molecule has 0 atom stereocenters. The summed E-state index contributed by atoms with van der Waals surface area (Å²) in [5, 5.41) is 5.36. The minimum absolute atomic E-state index is 0.134. The van der Waals surface area contributed by atoms with Crippen molar-refractivity contribution in [2.45, 2.75) is 0 Å². The van der Waals surface area contributed by atoms with Crippen molar-refractivity contribution in [3.05, 3.63) is 84.1 Å². The van der Waals surface area contributed by atoms with E-state index in [9.17, 15) is 14.0 Å². The van der Waals surface area contributed by atoms with Gasteiger partial charge in [-0.3, -0.25) is 9.59 Å². The molecule has 7 heteroatoms. The second-order valence-electron chi connectivity index (χ2n) is 5.73. The summed E-state index contributed by atoms with van der Waals surface area (Å²) in [6, 6.07) is 14.2. The largest absolute Gasteiger partial charge is 0.494 e. The highest BCUT2D eigenvalue weighted by atomic mass is 19.1. The van der Waals surface area contributed by atoms with E-state index in [-0.39, 0.29) is 11.5 Å². The van der Waals surface area contributed by atoms with Crippen molar-refractivity contribution in [3.8, 4) is 5.75 Å². The molecule has 3 aromatic rings. The van der Waals surface area contributed by atoms with Gasteiger partial charge < -0.3 is 19.8 Å². The quantitative estimate of drug-likeness (QED) is 0.624. The van der Waals surface area contributed by atoms with Crippen LogP contribution in [0.1, 0.15) is 16.1 Å². The highest BCUT2D eigenvalue weighted by Crippen LogP contribution is 2.19. The van der Waals surface area contributed by atoms with Crippen LogP contribution in [0.25, 0.3) is 6.08 Å². The molecule has 0 aliphatic carbocycles. The Morgan fingerprint density at radius 1 is 1.04 bits per heavy atom. The first-order valence-electron chi connectivity index (χ1n) is 8.32. The normalized spacial score (nSPS) is 10.6. The lowest BCUT2D eigenvalue weighted by Crippen LogP contribution is -2.12. The van der Waals surface area contributed by atoms with Crippen LogP contribution in [0.5, 0.6) is 5.75 Å². The van der Waals surface area contributed by atoms with E-state index < -0.39 is 17.6 Å². The van der Waals surface area contributed by atoms with E-state index in [1.165, 1.54) is 37.7 Å². The van der Waals surface area contributed by atoms with Crippen molar-refractivity contribution in [3.63, 3.8) is 0 Å². The number of amides is 2. The van der Waals surface area contributed by atoms with Crippen LogP contribution in [0, 0.1) is 5.82 Å². The lowest BCUT2D eigenvalue weighted by atomic mass is 10.2. The van der Waals surface area contributed by atoms with Gasteiger partial charge in [0.05, 0.1) is 13.4 Å². The predicted molar refractivity (Wildman–Crippen MR) is 104 cm³/mol. The molecule has 6 nitrogen and oxygen atoms in total. The Hall–Kier alpha value is -3.87. The van der Waals surface area contributed by atoms with Gasteiger partial charge in [-0.15, -0.1) is 0 Å². The SMILES string of the molecule is COc1ccc(/C=C/C(=O)Nc2cccc(NC(=O)c3ccco3)c2)cc1F. The van der Waals surface area contributed by atoms with Crippen LogP contribution in [0.15, 0.2) is 71.4 Å². The van der Waals surface area contributed by atoms with Crippen LogP contribution in [0.4, 0.5) is 15.8 Å². The molecular formula is C21H17FN2O4. The summed E-state index contributed by atoms with van der Waals surface area (Å²) in [6.45, 7) is 0. The van der Waals surface area contributed by atoms with Crippen LogP contribution >= 0.6 is 0 Å². The zero-order valence-corrected chi connectivity index (χ0v) is 14.9. The Labute approximate surface area is 160 Å². The average Bonchev–Trinajstić information content (AvgIpc) is 3.22. The highest BCUT2D eigenvalue weighted by Gasteiger charge is 2.09. The summed E-state index contributed by atoms with van der Waals surface area (Å²) in [5.74, 6) is -0.982. The maximum absolute atomic E-state index is 13.7. The minimum atomic E-state index is -0.509. The van der Waals surface area contributed by atoms with Crippen molar-refractivity contribution < 1.29 is 23.1 Å². The van der Waals surface area contributed by atoms with Crippen LogP contribution in [-0.2, 0) is 4.79 Å². The fourth-order valence-corrected chi connectivity index (χ4v) is 2.42. The number of halogens is 1. The number of methoxy groups -OCH3 is 1.